The van der Waals surface area contributed by atoms with Gasteiger partial charge >= 0.3 is 0 Å². The van der Waals surface area contributed by atoms with E-state index in [9.17, 15) is 0 Å². The first-order valence-electron chi connectivity index (χ1n) is 4.10. The molecule has 0 amide bonds. The first kappa shape index (κ1) is 9.90. The van der Waals surface area contributed by atoms with Crippen molar-refractivity contribution in [3.05, 3.63) is 33.8 Å². The average Bonchev–Trinajstić information content (AvgIpc) is 2.69. The Hall–Kier alpha value is -1.64. The van der Waals surface area contributed by atoms with E-state index < -0.39 is 0 Å². The largest absolute Gasteiger partial charge is 0.464 e. The van der Waals surface area contributed by atoms with Gasteiger partial charge in [-0.15, -0.1) is 11.3 Å². The van der Waals surface area contributed by atoms with Crippen LogP contribution >= 0.6 is 23.6 Å². The second kappa shape index (κ2) is 3.85. The summed E-state index contributed by atoms with van der Waals surface area (Å²) in [6.07, 6.45) is 1.55. The topological polar surface area (TPSA) is 63.0 Å². The molecule has 5 heteroatoms. The molecule has 0 unspecified atom stereocenters. The van der Waals surface area contributed by atoms with Crippen molar-refractivity contribution in [3.63, 3.8) is 0 Å². The van der Waals surface area contributed by atoms with Crippen LogP contribution in [0, 0.1) is 15.2 Å². The Labute approximate surface area is 95.4 Å². The predicted molar refractivity (Wildman–Crippen MR) is 62.0 cm³/mol. The molecule has 0 spiro atoms. The van der Waals surface area contributed by atoms with Crippen LogP contribution in [0.2, 0.25) is 0 Å². The molecule has 15 heavy (non-hydrogen) atoms. The van der Waals surface area contributed by atoms with Crippen molar-refractivity contribution in [1.82, 2.24) is 0 Å². The van der Waals surface area contributed by atoms with Crippen LogP contribution in [-0.4, -0.2) is 0 Å². The maximum atomic E-state index is 8.99. The van der Waals surface area contributed by atoms with Gasteiger partial charge in [0, 0.05) is 5.56 Å². The first-order valence-corrected chi connectivity index (χ1v) is 5.32. The summed E-state index contributed by atoms with van der Waals surface area (Å²) in [4.78, 5) is 0. The van der Waals surface area contributed by atoms with Gasteiger partial charge in [0.2, 0.25) is 0 Å². The van der Waals surface area contributed by atoms with Crippen LogP contribution in [-0.2, 0) is 0 Å². The van der Waals surface area contributed by atoms with Crippen molar-refractivity contribution in [1.29, 1.82) is 5.26 Å². The highest BCUT2D eigenvalue weighted by Crippen LogP contribution is 2.30. The van der Waals surface area contributed by atoms with Crippen LogP contribution in [0.1, 0.15) is 5.56 Å². The monoisotopic (exact) mass is 234 g/mol. The molecule has 2 aromatic rings. The minimum Gasteiger partial charge on any atom is -0.464 e. The molecule has 0 aliphatic carbocycles. The van der Waals surface area contributed by atoms with Gasteiger partial charge in [0.1, 0.15) is 16.8 Å². The van der Waals surface area contributed by atoms with E-state index in [1.165, 1.54) is 11.3 Å². The molecular formula is C10H6N2OS2. The van der Waals surface area contributed by atoms with Crippen molar-refractivity contribution in [2.75, 3.05) is 5.73 Å². The zero-order valence-corrected chi connectivity index (χ0v) is 9.19. The highest BCUT2D eigenvalue weighted by atomic mass is 32.1. The molecule has 0 saturated heterocycles. The zero-order valence-electron chi connectivity index (χ0n) is 7.56. The van der Waals surface area contributed by atoms with E-state index in [1.54, 1.807) is 24.5 Å². The predicted octanol–water partition coefficient (Wildman–Crippen LogP) is 3.19. The Morgan fingerprint density at radius 2 is 2.33 bits per heavy atom. The first-order chi connectivity index (χ1) is 7.22. The van der Waals surface area contributed by atoms with Crippen LogP contribution < -0.4 is 5.73 Å². The van der Waals surface area contributed by atoms with Gasteiger partial charge in [-0.25, -0.2) is 0 Å². The number of nitriles is 1. The number of rotatable bonds is 1. The standard InChI is InChI=1S/C10H6N2OS2/c11-5-7-6(8-2-1-3-13-8)4-9(14)15-10(7)12/h1-4H,12H2. The number of hydrogen-bond acceptors (Lipinski definition) is 5. The van der Waals surface area contributed by atoms with Crippen molar-refractivity contribution in [2.45, 2.75) is 0 Å². The number of anilines is 1. The average molecular weight is 234 g/mol. The van der Waals surface area contributed by atoms with E-state index in [0.717, 1.165) is 0 Å². The number of furan rings is 1. The van der Waals surface area contributed by atoms with Crippen LogP contribution in [0.4, 0.5) is 5.00 Å². The van der Waals surface area contributed by atoms with Gasteiger partial charge in [-0.3, -0.25) is 0 Å². The summed E-state index contributed by atoms with van der Waals surface area (Å²) >= 11 is 6.28. The van der Waals surface area contributed by atoms with E-state index in [2.05, 4.69) is 6.07 Å². The Morgan fingerprint density at radius 3 is 2.93 bits per heavy atom. The summed E-state index contributed by atoms with van der Waals surface area (Å²) in [6, 6.07) is 7.32. The molecule has 2 heterocycles. The summed E-state index contributed by atoms with van der Waals surface area (Å²) in [5, 5.41) is 9.42. The number of nitrogen functional groups attached to an aromatic ring is 1. The minimum absolute atomic E-state index is 0.420. The fraction of sp³-hybridized carbons (Fsp3) is 0. The number of nitrogens with zero attached hydrogens (tertiary/aromatic N) is 1. The van der Waals surface area contributed by atoms with Gasteiger partial charge in [0.25, 0.3) is 0 Å². The molecule has 0 aliphatic heterocycles. The lowest BCUT2D eigenvalue weighted by Crippen LogP contribution is -1.90. The van der Waals surface area contributed by atoms with E-state index in [-0.39, 0.29) is 0 Å². The van der Waals surface area contributed by atoms with Crippen LogP contribution in [0.25, 0.3) is 11.3 Å². The Balaban J connectivity index is 2.77. The van der Waals surface area contributed by atoms with Crippen LogP contribution in [0.15, 0.2) is 28.9 Å². The quantitative estimate of drug-likeness (QED) is 0.770. The minimum atomic E-state index is 0.420. The Bertz CT molecular complexity index is 578. The maximum absolute atomic E-state index is 8.99. The van der Waals surface area contributed by atoms with E-state index in [1.807, 2.05) is 0 Å². The van der Waals surface area contributed by atoms with Crippen molar-refractivity contribution in [3.8, 4) is 17.4 Å². The fourth-order valence-corrected chi connectivity index (χ4v) is 2.29. The SMILES string of the molecule is N#Cc1c(-c2ccco2)cc(=S)sc1N. The van der Waals surface area contributed by atoms with Gasteiger partial charge in [0.15, 0.2) is 0 Å². The molecule has 2 rings (SSSR count). The van der Waals surface area contributed by atoms with Crippen molar-refractivity contribution < 1.29 is 4.42 Å². The van der Waals surface area contributed by atoms with Gasteiger partial charge in [-0.05, 0) is 18.2 Å². The van der Waals surface area contributed by atoms with Crippen LogP contribution in [0.5, 0.6) is 0 Å². The third-order valence-corrected chi connectivity index (χ3v) is 3.00. The lowest BCUT2D eigenvalue weighted by Gasteiger charge is -2.02. The second-order valence-electron chi connectivity index (χ2n) is 2.81. The molecule has 74 valence electrons. The normalized spacial score (nSPS) is 9.80. The highest BCUT2D eigenvalue weighted by Gasteiger charge is 2.11. The Morgan fingerprint density at radius 1 is 1.53 bits per heavy atom. The van der Waals surface area contributed by atoms with Gasteiger partial charge in [-0.1, -0.05) is 12.2 Å². The smallest absolute Gasteiger partial charge is 0.135 e. The molecule has 0 radical (unpaired) electrons. The Kier molecular flexibility index (Phi) is 2.54. The lowest BCUT2D eigenvalue weighted by atomic mass is 10.1. The molecule has 0 atom stereocenters. The van der Waals surface area contributed by atoms with Gasteiger partial charge < -0.3 is 10.2 Å². The highest BCUT2D eigenvalue weighted by molar-refractivity contribution is 7.73. The molecule has 0 aromatic carbocycles. The van der Waals surface area contributed by atoms with E-state index in [4.69, 9.17) is 27.6 Å². The van der Waals surface area contributed by atoms with E-state index >= 15 is 0 Å². The zero-order chi connectivity index (χ0) is 10.8. The summed E-state index contributed by atoms with van der Waals surface area (Å²) in [5.74, 6) is 0.608. The third kappa shape index (κ3) is 1.77. The van der Waals surface area contributed by atoms with Crippen LogP contribution in [0.3, 0.4) is 0 Å². The molecule has 0 fully saturated rings. The summed E-state index contributed by atoms with van der Waals surface area (Å²) in [6.45, 7) is 0. The van der Waals surface area contributed by atoms with Crippen molar-refractivity contribution >= 4 is 28.6 Å². The molecule has 0 saturated carbocycles. The summed E-state index contributed by atoms with van der Waals surface area (Å²) in [5.41, 5.74) is 6.80. The van der Waals surface area contributed by atoms with Crippen molar-refractivity contribution in [2.24, 2.45) is 0 Å². The molecule has 3 nitrogen and oxygen atoms in total. The fourth-order valence-electron chi connectivity index (χ4n) is 1.25. The molecule has 2 aromatic heterocycles. The van der Waals surface area contributed by atoms with Gasteiger partial charge in [0.05, 0.1) is 15.7 Å². The molecule has 2 N–H and O–H groups in total. The van der Waals surface area contributed by atoms with E-state index in [0.29, 0.717) is 25.7 Å². The maximum Gasteiger partial charge on any atom is 0.135 e. The summed E-state index contributed by atoms with van der Waals surface area (Å²) < 4.78 is 5.86. The second-order valence-corrected chi connectivity index (χ2v) is 4.59. The summed E-state index contributed by atoms with van der Waals surface area (Å²) in [7, 11) is 0. The molecular weight excluding hydrogens is 228 g/mol. The lowest BCUT2D eigenvalue weighted by molar-refractivity contribution is 0.582. The van der Waals surface area contributed by atoms with Gasteiger partial charge in [-0.2, -0.15) is 5.26 Å². The number of nitrogens with two attached hydrogens (primary N) is 1. The molecule has 0 aliphatic rings. The number of hydrogen-bond donors (Lipinski definition) is 1. The third-order valence-electron chi connectivity index (χ3n) is 1.89. The molecule has 0 bridgehead atoms.